The average molecular weight is 414 g/mol. The van der Waals surface area contributed by atoms with Crippen molar-refractivity contribution >= 4 is 28.1 Å². The highest BCUT2D eigenvalue weighted by atomic mass is 32.2. The monoisotopic (exact) mass is 413 g/mol. The number of rotatable bonds is 10. The Hall–Kier alpha value is -2.08. The normalized spacial score (nSPS) is 11.5. The second-order valence-electron chi connectivity index (χ2n) is 5.61. The molecule has 0 unspecified atom stereocenters. The van der Waals surface area contributed by atoms with E-state index in [1.165, 1.54) is 31.4 Å². The number of carbonyl (C=O) groups is 1. The van der Waals surface area contributed by atoms with Crippen LogP contribution < -0.4 is 10.0 Å². The smallest absolute Gasteiger partial charge is 0.251 e. The van der Waals surface area contributed by atoms with E-state index in [0.29, 0.717) is 29.8 Å². The molecule has 2 rings (SSSR count). The van der Waals surface area contributed by atoms with Gasteiger partial charge in [-0.1, -0.05) is 0 Å². The third-order valence-electron chi connectivity index (χ3n) is 3.81. The van der Waals surface area contributed by atoms with Gasteiger partial charge in [-0.25, -0.2) is 13.1 Å². The summed E-state index contributed by atoms with van der Waals surface area (Å²) in [5, 5.41) is 9.65. The van der Waals surface area contributed by atoms with Crippen LogP contribution in [0, 0.1) is 4.77 Å². The Bertz CT molecular complexity index is 919. The number of nitrogens with zero attached hydrogens (tertiary/aromatic N) is 2. The van der Waals surface area contributed by atoms with Gasteiger partial charge in [-0.3, -0.25) is 9.89 Å². The Morgan fingerprint density at radius 2 is 2.00 bits per heavy atom. The number of methoxy groups -OCH3 is 1. The highest BCUT2D eigenvalue weighted by Gasteiger charge is 2.14. The number of hydrogen-bond donors (Lipinski definition) is 3. The number of amides is 1. The highest BCUT2D eigenvalue weighted by Crippen LogP contribution is 2.10. The first-order chi connectivity index (χ1) is 12.9. The number of aromatic amines is 1. The van der Waals surface area contributed by atoms with Gasteiger partial charge in [0.15, 0.2) is 4.77 Å². The van der Waals surface area contributed by atoms with Crippen LogP contribution in [0.3, 0.4) is 0 Å². The predicted octanol–water partition coefficient (Wildman–Crippen LogP) is 0.858. The molecule has 1 amide bonds. The minimum atomic E-state index is -3.62. The summed E-state index contributed by atoms with van der Waals surface area (Å²) in [4.78, 5) is 12.3. The zero-order valence-electron chi connectivity index (χ0n) is 15.2. The minimum absolute atomic E-state index is 0.0913. The number of nitrogens with one attached hydrogen (secondary N) is 3. The molecule has 0 aliphatic carbocycles. The molecule has 9 nitrogen and oxygen atoms in total. The maximum absolute atomic E-state index is 12.2. The van der Waals surface area contributed by atoms with E-state index in [1.54, 1.807) is 0 Å². The van der Waals surface area contributed by atoms with Crippen molar-refractivity contribution in [2.24, 2.45) is 0 Å². The third kappa shape index (κ3) is 5.70. The van der Waals surface area contributed by atoms with Crippen molar-refractivity contribution in [3.05, 3.63) is 40.4 Å². The van der Waals surface area contributed by atoms with Crippen molar-refractivity contribution in [1.82, 2.24) is 24.8 Å². The summed E-state index contributed by atoms with van der Waals surface area (Å²) in [7, 11) is -2.13. The molecule has 0 saturated heterocycles. The zero-order valence-corrected chi connectivity index (χ0v) is 16.8. The largest absolute Gasteiger partial charge is 0.383 e. The molecule has 0 saturated carbocycles. The summed E-state index contributed by atoms with van der Waals surface area (Å²) in [6, 6.07) is 5.74. The predicted molar refractivity (Wildman–Crippen MR) is 103 cm³/mol. The van der Waals surface area contributed by atoms with E-state index in [9.17, 15) is 13.2 Å². The van der Waals surface area contributed by atoms with Gasteiger partial charge in [0.05, 0.1) is 11.5 Å². The molecular weight excluding hydrogens is 390 g/mol. The van der Waals surface area contributed by atoms with Crippen LogP contribution in [-0.4, -0.2) is 55.9 Å². The van der Waals surface area contributed by atoms with Crippen molar-refractivity contribution in [3.63, 3.8) is 0 Å². The number of sulfonamides is 1. The zero-order chi connectivity index (χ0) is 19.9. The van der Waals surface area contributed by atoms with Crippen LogP contribution in [0.1, 0.15) is 23.1 Å². The summed E-state index contributed by atoms with van der Waals surface area (Å²) < 4.78 is 33.8. The van der Waals surface area contributed by atoms with E-state index in [-0.39, 0.29) is 24.0 Å². The molecule has 0 radical (unpaired) electrons. The van der Waals surface area contributed by atoms with Gasteiger partial charge in [0.25, 0.3) is 5.91 Å². The molecule has 2 aromatic rings. The lowest BCUT2D eigenvalue weighted by Gasteiger charge is -2.08. The van der Waals surface area contributed by atoms with Gasteiger partial charge in [-0.2, -0.15) is 5.10 Å². The van der Waals surface area contributed by atoms with Crippen LogP contribution in [0.15, 0.2) is 29.2 Å². The van der Waals surface area contributed by atoms with Crippen LogP contribution in [0.4, 0.5) is 0 Å². The molecule has 0 bridgehead atoms. The lowest BCUT2D eigenvalue weighted by atomic mass is 10.2. The van der Waals surface area contributed by atoms with Crippen molar-refractivity contribution in [2.75, 3.05) is 26.8 Å². The van der Waals surface area contributed by atoms with Crippen molar-refractivity contribution < 1.29 is 17.9 Å². The molecule has 0 atom stereocenters. The van der Waals surface area contributed by atoms with Gasteiger partial charge in [-0.15, -0.1) is 0 Å². The number of H-pyrrole nitrogens is 1. The molecule has 1 aromatic carbocycles. The molecular formula is C16H23N5O4S2. The van der Waals surface area contributed by atoms with E-state index in [4.69, 9.17) is 17.0 Å². The second kappa shape index (κ2) is 9.74. The molecule has 0 aliphatic rings. The summed E-state index contributed by atoms with van der Waals surface area (Å²) in [5.41, 5.74) is 0.375. The molecule has 148 valence electrons. The molecule has 1 heterocycles. The van der Waals surface area contributed by atoms with Crippen LogP contribution >= 0.6 is 12.2 Å². The van der Waals surface area contributed by atoms with Gasteiger partial charge < -0.3 is 14.6 Å². The minimum Gasteiger partial charge on any atom is -0.383 e. The lowest BCUT2D eigenvalue weighted by Crippen LogP contribution is -2.28. The molecule has 27 heavy (non-hydrogen) atoms. The van der Waals surface area contributed by atoms with Crippen molar-refractivity contribution in [2.45, 2.75) is 24.8 Å². The molecule has 0 spiro atoms. The Kier molecular flexibility index (Phi) is 7.66. The van der Waals surface area contributed by atoms with Gasteiger partial charge in [0.1, 0.15) is 5.82 Å². The van der Waals surface area contributed by atoms with E-state index in [1.807, 2.05) is 11.5 Å². The lowest BCUT2D eigenvalue weighted by molar-refractivity contribution is 0.0954. The number of hydrogen-bond acceptors (Lipinski definition) is 6. The second-order valence-corrected chi connectivity index (χ2v) is 7.76. The maximum atomic E-state index is 12.2. The van der Waals surface area contributed by atoms with E-state index in [2.05, 4.69) is 20.2 Å². The van der Waals surface area contributed by atoms with Crippen molar-refractivity contribution in [1.29, 1.82) is 0 Å². The van der Waals surface area contributed by atoms with Crippen molar-refractivity contribution in [3.8, 4) is 0 Å². The summed E-state index contributed by atoms with van der Waals surface area (Å²) in [6.45, 7) is 3.51. The van der Waals surface area contributed by atoms with Gasteiger partial charge in [-0.05, 0) is 43.4 Å². The first-order valence-electron chi connectivity index (χ1n) is 8.40. The Balaban J connectivity index is 1.92. The highest BCUT2D eigenvalue weighted by molar-refractivity contribution is 7.89. The van der Waals surface area contributed by atoms with Crippen LogP contribution in [0.25, 0.3) is 0 Å². The number of carbonyl (C=O) groups excluding carboxylic acids is 1. The average Bonchev–Trinajstić information content (AvgIpc) is 3.01. The first-order valence-corrected chi connectivity index (χ1v) is 10.3. The fourth-order valence-electron chi connectivity index (χ4n) is 2.40. The van der Waals surface area contributed by atoms with Gasteiger partial charge in [0.2, 0.25) is 10.0 Å². The summed E-state index contributed by atoms with van der Waals surface area (Å²) >= 11 is 5.12. The third-order valence-corrected chi connectivity index (χ3v) is 5.60. The maximum Gasteiger partial charge on any atom is 0.251 e. The fourth-order valence-corrected chi connectivity index (χ4v) is 3.70. The Morgan fingerprint density at radius 3 is 2.63 bits per heavy atom. The number of ether oxygens (including phenoxy) is 1. The first kappa shape index (κ1) is 21.2. The standard InChI is InChI=1S/C16H23N5O4S2/c1-3-21-14(19-20-16(21)26)8-9-17-15(22)12-4-6-13(7-5-12)27(23,24)18-10-11-25-2/h4-7,18H,3,8-11H2,1-2H3,(H,17,22)(H,20,26). The molecule has 0 aliphatic heterocycles. The Morgan fingerprint density at radius 1 is 1.30 bits per heavy atom. The van der Waals surface area contributed by atoms with E-state index < -0.39 is 10.0 Å². The van der Waals surface area contributed by atoms with Gasteiger partial charge in [0, 0.05) is 38.7 Å². The SMILES string of the molecule is CCn1c(CCNC(=O)c2ccc(S(=O)(=O)NCCOC)cc2)n[nH]c1=S. The van der Waals surface area contributed by atoms with Crippen LogP contribution in [-0.2, 0) is 27.7 Å². The molecule has 11 heteroatoms. The molecule has 1 aromatic heterocycles. The number of aromatic nitrogens is 3. The fraction of sp³-hybridized carbons (Fsp3) is 0.438. The molecule has 3 N–H and O–H groups in total. The van der Waals surface area contributed by atoms with E-state index in [0.717, 1.165) is 5.82 Å². The van der Waals surface area contributed by atoms with Crippen LogP contribution in [0.5, 0.6) is 0 Å². The van der Waals surface area contributed by atoms with Gasteiger partial charge >= 0.3 is 0 Å². The number of benzene rings is 1. The quantitative estimate of drug-likeness (QED) is 0.393. The molecule has 0 fully saturated rings. The van der Waals surface area contributed by atoms with Crippen LogP contribution in [0.2, 0.25) is 0 Å². The summed E-state index contributed by atoms with van der Waals surface area (Å²) in [5.74, 6) is 0.481. The summed E-state index contributed by atoms with van der Waals surface area (Å²) in [6.07, 6.45) is 0.530. The Labute approximate surface area is 163 Å². The topological polar surface area (TPSA) is 118 Å². The van der Waals surface area contributed by atoms with E-state index >= 15 is 0 Å².